The second-order valence-corrected chi connectivity index (χ2v) is 2.29. The molecule has 12 heavy (non-hydrogen) atoms. The molecule has 0 aromatic carbocycles. The van der Waals surface area contributed by atoms with Crippen LogP contribution in [0.15, 0.2) is 9.98 Å². The quantitative estimate of drug-likeness (QED) is 0.553. The summed E-state index contributed by atoms with van der Waals surface area (Å²) in [5.41, 5.74) is 5.10. The Hall–Kier alpha value is -1.72. The molecule has 0 saturated heterocycles. The summed E-state index contributed by atoms with van der Waals surface area (Å²) in [6.45, 7) is 0. The summed E-state index contributed by atoms with van der Waals surface area (Å²) < 4.78 is 0. The van der Waals surface area contributed by atoms with Gasteiger partial charge in [0, 0.05) is 6.21 Å². The van der Waals surface area contributed by atoms with Gasteiger partial charge in [0.1, 0.15) is 0 Å². The standard InChI is InChI=1S/C6H7N3O3/c7-6-8-2-3(1-4(10)11)5(12)9-6/h2-3H,1H2,(H,10,11)(H2,7,9,12). The Morgan fingerprint density at radius 2 is 2.42 bits per heavy atom. The number of guanidine groups is 1. The molecule has 6 nitrogen and oxygen atoms in total. The topological polar surface area (TPSA) is 105 Å². The first kappa shape index (κ1) is 8.38. The van der Waals surface area contributed by atoms with E-state index in [1.54, 1.807) is 0 Å². The van der Waals surface area contributed by atoms with Crippen LogP contribution in [0.5, 0.6) is 0 Å². The summed E-state index contributed by atoms with van der Waals surface area (Å²) in [7, 11) is 0. The Kier molecular flexibility index (Phi) is 2.18. The predicted molar refractivity (Wildman–Crippen MR) is 40.9 cm³/mol. The van der Waals surface area contributed by atoms with Crippen molar-refractivity contribution >= 4 is 24.1 Å². The summed E-state index contributed by atoms with van der Waals surface area (Å²) in [5.74, 6) is -2.50. The maximum atomic E-state index is 10.9. The molecule has 0 spiro atoms. The molecule has 64 valence electrons. The highest BCUT2D eigenvalue weighted by Gasteiger charge is 2.22. The zero-order valence-electron chi connectivity index (χ0n) is 6.10. The third kappa shape index (κ3) is 1.88. The van der Waals surface area contributed by atoms with Crippen molar-refractivity contribution < 1.29 is 14.7 Å². The lowest BCUT2D eigenvalue weighted by Gasteiger charge is -2.07. The summed E-state index contributed by atoms with van der Waals surface area (Å²) in [4.78, 5) is 28.0. The lowest BCUT2D eigenvalue weighted by Crippen LogP contribution is -2.26. The third-order valence-corrected chi connectivity index (χ3v) is 1.32. The first-order chi connectivity index (χ1) is 5.59. The highest BCUT2D eigenvalue weighted by atomic mass is 16.4. The molecule has 0 bridgehead atoms. The molecule has 0 fully saturated rings. The van der Waals surface area contributed by atoms with Gasteiger partial charge in [0.05, 0.1) is 12.3 Å². The largest absolute Gasteiger partial charge is 0.481 e. The van der Waals surface area contributed by atoms with E-state index in [4.69, 9.17) is 10.8 Å². The molecule has 1 amide bonds. The zero-order valence-corrected chi connectivity index (χ0v) is 6.10. The second kappa shape index (κ2) is 3.12. The molecule has 1 unspecified atom stereocenters. The van der Waals surface area contributed by atoms with Gasteiger partial charge in [-0.15, -0.1) is 0 Å². The molecule has 1 rings (SSSR count). The maximum Gasteiger partial charge on any atom is 0.304 e. The number of hydrogen-bond donors (Lipinski definition) is 2. The average molecular weight is 169 g/mol. The minimum absolute atomic E-state index is 0.123. The lowest BCUT2D eigenvalue weighted by molar-refractivity contribution is -0.139. The van der Waals surface area contributed by atoms with Gasteiger partial charge in [0.15, 0.2) is 0 Å². The summed E-state index contributed by atoms with van der Waals surface area (Å²) in [6.07, 6.45) is 0.915. The fourth-order valence-corrected chi connectivity index (χ4v) is 0.783. The average Bonchev–Trinajstić information content (AvgIpc) is 1.94. The van der Waals surface area contributed by atoms with Crippen molar-refractivity contribution in [3.05, 3.63) is 0 Å². The van der Waals surface area contributed by atoms with Crippen molar-refractivity contribution in [2.45, 2.75) is 6.42 Å². The number of aliphatic carboxylic acids is 1. The molecule has 1 aliphatic rings. The number of nitrogens with two attached hydrogens (primary N) is 1. The Bertz CT molecular complexity index is 282. The minimum atomic E-state index is -1.06. The van der Waals surface area contributed by atoms with Gasteiger partial charge in [-0.2, -0.15) is 4.99 Å². The van der Waals surface area contributed by atoms with Crippen LogP contribution in [-0.2, 0) is 9.59 Å². The van der Waals surface area contributed by atoms with E-state index in [1.807, 2.05) is 0 Å². The molecule has 6 heteroatoms. The van der Waals surface area contributed by atoms with Crippen molar-refractivity contribution in [2.24, 2.45) is 21.6 Å². The summed E-state index contributed by atoms with van der Waals surface area (Å²) in [6, 6.07) is 0. The van der Waals surface area contributed by atoms with E-state index in [1.165, 1.54) is 6.21 Å². The predicted octanol–water partition coefficient (Wildman–Crippen LogP) is -0.997. The maximum absolute atomic E-state index is 10.9. The van der Waals surface area contributed by atoms with Gasteiger partial charge in [0.2, 0.25) is 5.96 Å². The van der Waals surface area contributed by atoms with Crippen molar-refractivity contribution in [3.8, 4) is 0 Å². The number of carboxylic acids is 1. The van der Waals surface area contributed by atoms with E-state index in [9.17, 15) is 9.59 Å². The van der Waals surface area contributed by atoms with Crippen LogP contribution < -0.4 is 5.73 Å². The fraction of sp³-hybridized carbons (Fsp3) is 0.333. The molecule has 0 radical (unpaired) electrons. The van der Waals surface area contributed by atoms with Gasteiger partial charge in [-0.3, -0.25) is 9.59 Å². The molecule has 0 aliphatic carbocycles. The molecular weight excluding hydrogens is 162 g/mol. The first-order valence-electron chi connectivity index (χ1n) is 3.23. The molecule has 0 aromatic heterocycles. The number of carbonyl (C=O) groups is 2. The zero-order chi connectivity index (χ0) is 9.14. The van der Waals surface area contributed by atoms with Crippen molar-refractivity contribution in [3.63, 3.8) is 0 Å². The smallest absolute Gasteiger partial charge is 0.304 e. The Morgan fingerprint density at radius 1 is 1.75 bits per heavy atom. The van der Waals surface area contributed by atoms with Gasteiger partial charge >= 0.3 is 5.97 Å². The van der Waals surface area contributed by atoms with Gasteiger partial charge < -0.3 is 10.8 Å². The van der Waals surface area contributed by atoms with E-state index in [0.29, 0.717) is 0 Å². The third-order valence-electron chi connectivity index (χ3n) is 1.32. The van der Waals surface area contributed by atoms with E-state index in [2.05, 4.69) is 9.98 Å². The monoisotopic (exact) mass is 169 g/mol. The van der Waals surface area contributed by atoms with Crippen molar-refractivity contribution in [1.29, 1.82) is 0 Å². The van der Waals surface area contributed by atoms with E-state index in [-0.39, 0.29) is 12.4 Å². The van der Waals surface area contributed by atoms with Gasteiger partial charge in [-0.25, -0.2) is 4.99 Å². The highest BCUT2D eigenvalue weighted by molar-refractivity contribution is 6.08. The number of nitrogens with zero attached hydrogens (tertiary/aromatic N) is 2. The number of amides is 1. The first-order valence-corrected chi connectivity index (χ1v) is 3.23. The van der Waals surface area contributed by atoms with Gasteiger partial charge in [-0.05, 0) is 0 Å². The molecular formula is C6H7N3O3. The van der Waals surface area contributed by atoms with Gasteiger partial charge in [0.25, 0.3) is 5.91 Å². The normalized spacial score (nSPS) is 22.2. The van der Waals surface area contributed by atoms with Crippen LogP contribution in [0.2, 0.25) is 0 Å². The number of carbonyl (C=O) groups excluding carboxylic acids is 1. The number of aliphatic imine (C=N–C) groups is 2. The lowest BCUT2D eigenvalue weighted by atomic mass is 10.1. The van der Waals surface area contributed by atoms with Crippen molar-refractivity contribution in [1.82, 2.24) is 0 Å². The van der Waals surface area contributed by atoms with E-state index >= 15 is 0 Å². The minimum Gasteiger partial charge on any atom is -0.481 e. The number of hydrogen-bond acceptors (Lipinski definition) is 4. The van der Waals surface area contributed by atoms with Crippen LogP contribution >= 0.6 is 0 Å². The highest BCUT2D eigenvalue weighted by Crippen LogP contribution is 2.06. The van der Waals surface area contributed by atoms with Crippen molar-refractivity contribution in [2.75, 3.05) is 0 Å². The number of carboxylic acid groups (broad SMARTS) is 1. The second-order valence-electron chi connectivity index (χ2n) is 2.29. The van der Waals surface area contributed by atoms with E-state index < -0.39 is 17.8 Å². The van der Waals surface area contributed by atoms with Crippen LogP contribution in [0, 0.1) is 5.92 Å². The summed E-state index contributed by atoms with van der Waals surface area (Å²) in [5, 5.41) is 8.36. The molecule has 0 aromatic rings. The molecule has 0 saturated carbocycles. The fourth-order valence-electron chi connectivity index (χ4n) is 0.783. The van der Waals surface area contributed by atoms with Crippen LogP contribution in [0.1, 0.15) is 6.42 Å². The molecule has 3 N–H and O–H groups in total. The van der Waals surface area contributed by atoms with Crippen LogP contribution in [-0.4, -0.2) is 29.2 Å². The van der Waals surface area contributed by atoms with Crippen LogP contribution in [0.25, 0.3) is 0 Å². The summed E-state index contributed by atoms with van der Waals surface area (Å²) >= 11 is 0. The van der Waals surface area contributed by atoms with Gasteiger partial charge in [-0.1, -0.05) is 0 Å². The Balaban J connectivity index is 2.66. The van der Waals surface area contributed by atoms with Crippen LogP contribution in [0.3, 0.4) is 0 Å². The Labute approximate surface area is 67.8 Å². The molecule has 1 aliphatic heterocycles. The number of rotatable bonds is 2. The SMILES string of the molecule is NC1=NC(=O)C(CC(=O)O)C=N1. The van der Waals surface area contributed by atoms with Crippen LogP contribution in [0.4, 0.5) is 0 Å². The molecule has 1 heterocycles. The van der Waals surface area contributed by atoms with E-state index in [0.717, 1.165) is 0 Å². The molecule has 1 atom stereocenters. The Morgan fingerprint density at radius 3 is 2.92 bits per heavy atom.